The van der Waals surface area contributed by atoms with Gasteiger partial charge in [0.25, 0.3) is 0 Å². The predicted molar refractivity (Wildman–Crippen MR) is 107 cm³/mol. The number of allylic oxidation sites excluding steroid dienone is 3. The number of benzene rings is 2. The summed E-state index contributed by atoms with van der Waals surface area (Å²) in [7, 11) is -3.66. The summed E-state index contributed by atoms with van der Waals surface area (Å²) < 4.78 is 27.3. The first-order chi connectivity index (χ1) is 11.7. The van der Waals surface area contributed by atoms with Crippen molar-refractivity contribution in [2.24, 2.45) is 5.41 Å². The molecule has 0 bridgehead atoms. The molecule has 0 saturated heterocycles. The topological polar surface area (TPSA) is 34.1 Å². The molecule has 0 radical (unpaired) electrons. The summed E-state index contributed by atoms with van der Waals surface area (Å²) in [4.78, 5) is 0.204. The van der Waals surface area contributed by atoms with Gasteiger partial charge in [0.2, 0.25) is 0 Å². The van der Waals surface area contributed by atoms with Crippen molar-refractivity contribution >= 4 is 40.9 Å². The van der Waals surface area contributed by atoms with Gasteiger partial charge in [-0.05, 0) is 0 Å². The number of rotatable bonds is 5. The first kappa shape index (κ1) is 20.0. The van der Waals surface area contributed by atoms with E-state index in [0.717, 1.165) is 0 Å². The van der Waals surface area contributed by atoms with E-state index in [1.807, 2.05) is 24.3 Å². The van der Waals surface area contributed by atoms with Gasteiger partial charge in [-0.2, -0.15) is 0 Å². The Morgan fingerprint density at radius 1 is 0.920 bits per heavy atom. The Morgan fingerprint density at radius 3 is 1.96 bits per heavy atom. The molecule has 132 valence electrons. The van der Waals surface area contributed by atoms with Crippen molar-refractivity contribution in [2.75, 3.05) is 0 Å². The van der Waals surface area contributed by atoms with Crippen molar-refractivity contribution in [2.45, 2.75) is 25.7 Å². The number of halogens is 1. The van der Waals surface area contributed by atoms with Crippen molar-refractivity contribution in [3.63, 3.8) is 0 Å². The molecule has 0 saturated carbocycles. The fraction of sp³-hybridized carbons (Fsp3) is 0.200. The van der Waals surface area contributed by atoms with E-state index in [0.29, 0.717) is 0 Å². The Bertz CT molecular complexity index is 865. The van der Waals surface area contributed by atoms with E-state index < -0.39 is 9.84 Å². The molecule has 0 N–H and O–H groups in total. The molecule has 0 aromatic heterocycles. The van der Waals surface area contributed by atoms with Gasteiger partial charge in [0.05, 0.1) is 0 Å². The zero-order chi connectivity index (χ0) is 18.5. The van der Waals surface area contributed by atoms with Crippen LogP contribution in [0, 0.1) is 5.41 Å². The molecular weight excluding hydrogens is 419 g/mol. The average Bonchev–Trinajstić information content (AvgIpc) is 2.59. The maximum absolute atomic E-state index is 12.5. The van der Waals surface area contributed by atoms with Crippen molar-refractivity contribution < 1.29 is 8.42 Å². The van der Waals surface area contributed by atoms with E-state index in [-0.39, 0.29) is 29.6 Å². The summed E-state index contributed by atoms with van der Waals surface area (Å²) in [6, 6.07) is 18.4. The van der Waals surface area contributed by atoms with Crippen LogP contribution >= 0.6 is 11.6 Å². The van der Waals surface area contributed by atoms with E-state index in [9.17, 15) is 8.42 Å². The summed E-state index contributed by atoms with van der Waals surface area (Å²) in [5.41, 5.74) is -0.0694. The standard InChI is InChI=1S/C20H21ClO2SSe/c1-20(2,3)18(25-17-12-8-5-9-13-17)14-15-19(21)24(22,23)16-10-6-4-7-11-16/h4-15H,1-3H3/b18-14-,19-15+. The molecule has 2 aromatic rings. The maximum atomic E-state index is 12.5. The summed E-state index contributed by atoms with van der Waals surface area (Å²) >= 11 is 6.24. The minimum atomic E-state index is -3.66. The zero-order valence-electron chi connectivity index (χ0n) is 14.4. The molecule has 0 unspecified atom stereocenters. The van der Waals surface area contributed by atoms with E-state index in [2.05, 4.69) is 32.9 Å². The third kappa shape index (κ3) is 5.58. The Morgan fingerprint density at radius 2 is 1.44 bits per heavy atom. The van der Waals surface area contributed by atoms with Crippen molar-refractivity contribution in [1.82, 2.24) is 0 Å². The Balaban J connectivity index is 2.35. The molecule has 25 heavy (non-hydrogen) atoms. The molecule has 0 aliphatic heterocycles. The van der Waals surface area contributed by atoms with Crippen LogP contribution in [0.15, 0.2) is 86.5 Å². The van der Waals surface area contributed by atoms with Crippen LogP contribution in [0.3, 0.4) is 0 Å². The summed E-state index contributed by atoms with van der Waals surface area (Å²) in [6.45, 7) is 6.37. The first-order valence-corrected chi connectivity index (χ1v) is 11.4. The number of hydrogen-bond acceptors (Lipinski definition) is 2. The van der Waals surface area contributed by atoms with Gasteiger partial charge in [-0.25, -0.2) is 0 Å². The summed E-state index contributed by atoms with van der Waals surface area (Å²) in [5.74, 6) is 0. The van der Waals surface area contributed by atoms with Crippen LogP contribution in [-0.4, -0.2) is 23.4 Å². The van der Waals surface area contributed by atoms with E-state index in [1.165, 1.54) is 15.0 Å². The van der Waals surface area contributed by atoms with Crippen LogP contribution in [0.1, 0.15) is 20.8 Å². The molecule has 0 heterocycles. The summed E-state index contributed by atoms with van der Waals surface area (Å²) in [5, 5.41) is 0. The van der Waals surface area contributed by atoms with Crippen molar-refractivity contribution in [3.8, 4) is 0 Å². The molecule has 0 aliphatic rings. The number of hydrogen-bond donors (Lipinski definition) is 0. The SMILES string of the molecule is CC(C)(C)/C(=C/C=C(\Cl)S(=O)(=O)c1ccccc1)[Se]c1ccccc1. The van der Waals surface area contributed by atoms with E-state index in [4.69, 9.17) is 11.6 Å². The predicted octanol–water partition coefficient (Wildman–Crippen LogP) is 4.50. The normalized spacial score (nSPS) is 13.8. The van der Waals surface area contributed by atoms with Crippen LogP contribution in [-0.2, 0) is 9.84 Å². The molecule has 0 atom stereocenters. The van der Waals surface area contributed by atoms with Gasteiger partial charge in [-0.1, -0.05) is 0 Å². The van der Waals surface area contributed by atoms with E-state index in [1.54, 1.807) is 30.3 Å². The monoisotopic (exact) mass is 440 g/mol. The third-order valence-corrected chi connectivity index (χ3v) is 8.76. The molecule has 0 aliphatic carbocycles. The minimum absolute atomic E-state index is 0.0694. The zero-order valence-corrected chi connectivity index (χ0v) is 17.7. The van der Waals surface area contributed by atoms with Crippen molar-refractivity contribution in [3.05, 3.63) is 81.7 Å². The Kier molecular flexibility index (Phi) is 6.70. The molecule has 0 fully saturated rings. The van der Waals surface area contributed by atoms with Gasteiger partial charge in [0.1, 0.15) is 0 Å². The summed E-state index contributed by atoms with van der Waals surface area (Å²) in [6.07, 6.45) is 3.37. The second kappa shape index (κ2) is 8.37. The molecule has 2 rings (SSSR count). The molecule has 5 heteroatoms. The van der Waals surface area contributed by atoms with Gasteiger partial charge in [-0.15, -0.1) is 0 Å². The molecule has 2 nitrogen and oxygen atoms in total. The Labute approximate surface area is 161 Å². The average molecular weight is 440 g/mol. The molecule has 0 spiro atoms. The Hall–Kier alpha value is -1.32. The van der Waals surface area contributed by atoms with Crippen LogP contribution < -0.4 is 4.46 Å². The van der Waals surface area contributed by atoms with E-state index >= 15 is 0 Å². The number of sulfone groups is 1. The quantitative estimate of drug-likeness (QED) is 0.508. The van der Waals surface area contributed by atoms with Crippen LogP contribution in [0.5, 0.6) is 0 Å². The first-order valence-electron chi connectivity index (χ1n) is 7.82. The van der Waals surface area contributed by atoms with Gasteiger partial charge in [0.15, 0.2) is 0 Å². The van der Waals surface area contributed by atoms with Gasteiger partial charge < -0.3 is 0 Å². The van der Waals surface area contributed by atoms with Crippen molar-refractivity contribution in [1.29, 1.82) is 0 Å². The van der Waals surface area contributed by atoms with Crippen LogP contribution in [0.2, 0.25) is 0 Å². The van der Waals surface area contributed by atoms with Gasteiger partial charge >= 0.3 is 162 Å². The molecule has 2 aromatic carbocycles. The second-order valence-corrected chi connectivity index (χ2v) is 11.4. The fourth-order valence-electron chi connectivity index (χ4n) is 2.00. The second-order valence-electron chi connectivity index (χ2n) is 6.48. The van der Waals surface area contributed by atoms with Crippen LogP contribution in [0.4, 0.5) is 0 Å². The molecular formula is C20H21ClO2SSe. The molecule has 0 amide bonds. The third-order valence-electron chi connectivity index (χ3n) is 3.39. The van der Waals surface area contributed by atoms with Gasteiger partial charge in [0, 0.05) is 0 Å². The van der Waals surface area contributed by atoms with Crippen LogP contribution in [0.25, 0.3) is 0 Å². The fourth-order valence-corrected chi connectivity index (χ4v) is 5.39. The van der Waals surface area contributed by atoms with Gasteiger partial charge in [-0.3, -0.25) is 0 Å².